The van der Waals surface area contributed by atoms with Crippen LogP contribution in [0.2, 0.25) is 0 Å². The van der Waals surface area contributed by atoms with Crippen LogP contribution >= 0.6 is 11.3 Å². The standard InChI is InChI=1S/C17H25N5OS/c1-14(17(23)19-12-15-4-3-11-24-15)22-9-7-21(8-10-22)13-16-18-5-6-20(16)2/h3-6,11,14H,7-10,12-13H2,1-2H3,(H,19,23)/t14-/m0/s1. The van der Waals surface area contributed by atoms with Gasteiger partial charge in [0.1, 0.15) is 5.82 Å². The zero-order chi connectivity index (χ0) is 16.9. The lowest BCUT2D eigenvalue weighted by Crippen LogP contribution is -2.53. The second kappa shape index (κ2) is 7.92. The second-order valence-electron chi connectivity index (χ2n) is 6.24. The molecule has 1 amide bonds. The number of aryl methyl sites for hydroxylation is 1. The van der Waals surface area contributed by atoms with Gasteiger partial charge in [0.05, 0.1) is 19.1 Å². The third-order valence-corrected chi connectivity index (χ3v) is 5.51. The van der Waals surface area contributed by atoms with E-state index < -0.39 is 0 Å². The largest absolute Gasteiger partial charge is 0.350 e. The molecule has 0 spiro atoms. The summed E-state index contributed by atoms with van der Waals surface area (Å²) in [4.78, 5) is 22.6. The number of thiophene rings is 1. The van der Waals surface area contributed by atoms with Crippen molar-refractivity contribution in [2.24, 2.45) is 7.05 Å². The van der Waals surface area contributed by atoms with Crippen LogP contribution in [0.15, 0.2) is 29.9 Å². The highest BCUT2D eigenvalue weighted by atomic mass is 32.1. The first-order valence-electron chi connectivity index (χ1n) is 8.36. The SMILES string of the molecule is C[C@@H](C(=O)NCc1cccs1)N1CCN(Cc2nccn2C)CC1. The molecule has 1 aliphatic rings. The molecule has 3 rings (SSSR count). The Balaban J connectivity index is 1.43. The van der Waals surface area contributed by atoms with Crippen LogP contribution in [0.4, 0.5) is 0 Å². The summed E-state index contributed by atoms with van der Waals surface area (Å²) in [5, 5.41) is 5.07. The number of carbonyl (C=O) groups excluding carboxylic acids is 1. The Labute approximate surface area is 147 Å². The van der Waals surface area contributed by atoms with Gasteiger partial charge in [0.25, 0.3) is 0 Å². The maximum absolute atomic E-state index is 12.3. The molecule has 0 saturated carbocycles. The molecule has 0 aromatic carbocycles. The zero-order valence-electron chi connectivity index (χ0n) is 14.3. The van der Waals surface area contributed by atoms with Gasteiger partial charge in [-0.2, -0.15) is 0 Å². The first-order valence-corrected chi connectivity index (χ1v) is 9.24. The van der Waals surface area contributed by atoms with Crippen molar-refractivity contribution >= 4 is 17.2 Å². The van der Waals surface area contributed by atoms with Gasteiger partial charge in [-0.15, -0.1) is 11.3 Å². The van der Waals surface area contributed by atoms with Gasteiger partial charge in [0.2, 0.25) is 5.91 Å². The van der Waals surface area contributed by atoms with Crippen LogP contribution < -0.4 is 5.32 Å². The number of nitrogens with one attached hydrogen (secondary N) is 1. The number of hydrogen-bond donors (Lipinski definition) is 1. The summed E-state index contributed by atoms with van der Waals surface area (Å²) in [6, 6.07) is 3.97. The van der Waals surface area contributed by atoms with Gasteiger partial charge in [-0.05, 0) is 18.4 Å². The number of piperazine rings is 1. The van der Waals surface area contributed by atoms with Gasteiger partial charge < -0.3 is 9.88 Å². The van der Waals surface area contributed by atoms with Gasteiger partial charge in [0.15, 0.2) is 0 Å². The summed E-state index contributed by atoms with van der Waals surface area (Å²) in [5.41, 5.74) is 0. The van der Waals surface area contributed by atoms with Gasteiger partial charge in [0, 0.05) is 50.5 Å². The molecule has 2 aromatic rings. The van der Waals surface area contributed by atoms with Crippen LogP contribution in [0.5, 0.6) is 0 Å². The Morgan fingerprint density at radius 1 is 1.38 bits per heavy atom. The zero-order valence-corrected chi connectivity index (χ0v) is 15.1. The maximum atomic E-state index is 12.3. The van der Waals surface area contributed by atoms with Crippen molar-refractivity contribution in [1.29, 1.82) is 0 Å². The van der Waals surface area contributed by atoms with Crippen LogP contribution in [-0.2, 0) is 24.9 Å². The molecule has 0 radical (unpaired) electrons. The summed E-state index contributed by atoms with van der Waals surface area (Å²) >= 11 is 1.67. The number of hydrogen-bond acceptors (Lipinski definition) is 5. The first kappa shape index (κ1) is 17.1. The fraction of sp³-hybridized carbons (Fsp3) is 0.529. The van der Waals surface area contributed by atoms with Crippen molar-refractivity contribution in [3.63, 3.8) is 0 Å². The second-order valence-corrected chi connectivity index (χ2v) is 7.27. The van der Waals surface area contributed by atoms with E-state index in [0.717, 1.165) is 38.5 Å². The molecule has 24 heavy (non-hydrogen) atoms. The number of nitrogens with zero attached hydrogens (tertiary/aromatic N) is 4. The molecule has 6 nitrogen and oxygen atoms in total. The minimum atomic E-state index is -0.0831. The van der Waals surface area contributed by atoms with Crippen molar-refractivity contribution in [2.75, 3.05) is 26.2 Å². The van der Waals surface area contributed by atoms with Gasteiger partial charge in [-0.3, -0.25) is 14.6 Å². The molecule has 7 heteroatoms. The lowest BCUT2D eigenvalue weighted by Gasteiger charge is -2.37. The van der Waals surface area contributed by atoms with E-state index in [2.05, 4.69) is 24.7 Å². The van der Waals surface area contributed by atoms with E-state index in [0.29, 0.717) is 6.54 Å². The summed E-state index contributed by atoms with van der Waals surface area (Å²) in [6.07, 6.45) is 3.82. The van der Waals surface area contributed by atoms with E-state index in [1.807, 2.05) is 43.9 Å². The van der Waals surface area contributed by atoms with Gasteiger partial charge >= 0.3 is 0 Å². The van der Waals surface area contributed by atoms with E-state index in [-0.39, 0.29) is 11.9 Å². The van der Waals surface area contributed by atoms with Crippen molar-refractivity contribution in [3.8, 4) is 0 Å². The number of rotatable bonds is 6. The number of imidazole rings is 1. The normalized spacial score (nSPS) is 17.8. The molecule has 2 aromatic heterocycles. The Bertz CT molecular complexity index is 646. The van der Waals surface area contributed by atoms with E-state index in [9.17, 15) is 4.79 Å². The van der Waals surface area contributed by atoms with Crippen molar-refractivity contribution in [3.05, 3.63) is 40.6 Å². The molecule has 130 valence electrons. The van der Waals surface area contributed by atoms with Crippen molar-refractivity contribution in [2.45, 2.75) is 26.1 Å². The monoisotopic (exact) mass is 347 g/mol. The molecular weight excluding hydrogens is 322 g/mol. The third-order valence-electron chi connectivity index (χ3n) is 4.64. The van der Waals surface area contributed by atoms with Gasteiger partial charge in [-0.1, -0.05) is 6.07 Å². The molecular formula is C17H25N5OS. The third kappa shape index (κ3) is 4.23. The van der Waals surface area contributed by atoms with E-state index in [4.69, 9.17) is 0 Å². The Kier molecular flexibility index (Phi) is 5.65. The fourth-order valence-electron chi connectivity index (χ4n) is 2.96. The highest BCUT2D eigenvalue weighted by molar-refractivity contribution is 7.09. The van der Waals surface area contributed by atoms with Crippen LogP contribution in [0.3, 0.4) is 0 Å². The molecule has 3 heterocycles. The fourth-order valence-corrected chi connectivity index (χ4v) is 3.60. The molecule has 1 saturated heterocycles. The average Bonchev–Trinajstić information content (AvgIpc) is 3.25. The number of carbonyl (C=O) groups is 1. The summed E-state index contributed by atoms with van der Waals surface area (Å²) in [5.74, 6) is 1.20. The Hall–Kier alpha value is -1.70. The smallest absolute Gasteiger partial charge is 0.237 e. The highest BCUT2D eigenvalue weighted by Crippen LogP contribution is 2.11. The summed E-state index contributed by atoms with van der Waals surface area (Å²) in [7, 11) is 2.03. The minimum absolute atomic E-state index is 0.0831. The summed E-state index contributed by atoms with van der Waals surface area (Å²) in [6.45, 7) is 7.26. The molecule has 1 N–H and O–H groups in total. The number of aromatic nitrogens is 2. The lowest BCUT2D eigenvalue weighted by molar-refractivity contribution is -0.126. The molecule has 0 unspecified atom stereocenters. The van der Waals surface area contributed by atoms with E-state index in [1.165, 1.54) is 4.88 Å². The van der Waals surface area contributed by atoms with Crippen LogP contribution in [0.1, 0.15) is 17.6 Å². The summed E-state index contributed by atoms with van der Waals surface area (Å²) < 4.78 is 2.06. The minimum Gasteiger partial charge on any atom is -0.350 e. The molecule has 1 aliphatic heterocycles. The topological polar surface area (TPSA) is 53.4 Å². The molecule has 1 fully saturated rings. The quantitative estimate of drug-likeness (QED) is 0.856. The van der Waals surface area contributed by atoms with E-state index >= 15 is 0 Å². The predicted molar refractivity (Wildman–Crippen MR) is 95.7 cm³/mol. The van der Waals surface area contributed by atoms with Crippen LogP contribution in [-0.4, -0.2) is 57.5 Å². The Morgan fingerprint density at radius 3 is 2.79 bits per heavy atom. The number of amides is 1. The lowest BCUT2D eigenvalue weighted by atomic mass is 10.2. The average molecular weight is 347 g/mol. The van der Waals surface area contributed by atoms with E-state index in [1.54, 1.807) is 11.3 Å². The van der Waals surface area contributed by atoms with Crippen LogP contribution in [0.25, 0.3) is 0 Å². The first-order chi connectivity index (χ1) is 11.6. The molecule has 0 aliphatic carbocycles. The van der Waals surface area contributed by atoms with Crippen LogP contribution in [0, 0.1) is 0 Å². The highest BCUT2D eigenvalue weighted by Gasteiger charge is 2.25. The van der Waals surface area contributed by atoms with Crippen molar-refractivity contribution < 1.29 is 4.79 Å². The molecule has 0 bridgehead atoms. The predicted octanol–water partition coefficient (Wildman–Crippen LogP) is 1.30. The van der Waals surface area contributed by atoms with Crippen molar-refractivity contribution in [1.82, 2.24) is 24.7 Å². The molecule has 1 atom stereocenters. The Morgan fingerprint density at radius 2 is 2.17 bits per heavy atom. The van der Waals surface area contributed by atoms with Gasteiger partial charge in [-0.25, -0.2) is 4.98 Å². The maximum Gasteiger partial charge on any atom is 0.237 e.